The first-order chi connectivity index (χ1) is 21.7. The molecule has 6 rings (SSSR count). The molecule has 45 heavy (non-hydrogen) atoms. The Balaban J connectivity index is 1.27. The van der Waals surface area contributed by atoms with E-state index in [9.17, 15) is 9.59 Å². The van der Waals surface area contributed by atoms with Gasteiger partial charge in [0.2, 0.25) is 0 Å². The number of fused-ring (bicyclic) bond motifs is 1. The topological polar surface area (TPSA) is 125 Å². The van der Waals surface area contributed by atoms with E-state index in [1.165, 1.54) is 23.4 Å². The molecule has 1 saturated heterocycles. The third-order valence-electron chi connectivity index (χ3n) is 7.38. The van der Waals surface area contributed by atoms with Gasteiger partial charge in [-0.2, -0.15) is 0 Å². The Kier molecular flexibility index (Phi) is 8.30. The van der Waals surface area contributed by atoms with Crippen molar-refractivity contribution < 1.29 is 18.7 Å². The van der Waals surface area contributed by atoms with Crippen LogP contribution in [0.5, 0.6) is 0 Å². The molecule has 1 fully saturated rings. The van der Waals surface area contributed by atoms with Gasteiger partial charge in [0.25, 0.3) is 5.91 Å². The summed E-state index contributed by atoms with van der Waals surface area (Å²) >= 11 is 0. The summed E-state index contributed by atoms with van der Waals surface area (Å²) in [5.74, 6) is 0.290. The van der Waals surface area contributed by atoms with Crippen molar-refractivity contribution in [3.8, 4) is 22.5 Å². The van der Waals surface area contributed by atoms with Crippen molar-refractivity contribution in [2.45, 2.75) is 13.0 Å². The van der Waals surface area contributed by atoms with E-state index in [1.54, 1.807) is 56.8 Å². The van der Waals surface area contributed by atoms with E-state index in [0.717, 1.165) is 22.3 Å². The molecule has 11 nitrogen and oxygen atoms in total. The Bertz CT molecular complexity index is 1870. The van der Waals surface area contributed by atoms with Gasteiger partial charge in [0.05, 0.1) is 23.9 Å². The molecule has 0 spiro atoms. The lowest BCUT2D eigenvalue weighted by molar-refractivity contribution is 0.0530. The number of carbonyl (C=O) groups is 2. The number of morpholine rings is 1. The minimum absolute atomic E-state index is 0.00923. The summed E-state index contributed by atoms with van der Waals surface area (Å²) in [6.07, 6.45) is 4.98. The molecule has 0 saturated carbocycles. The second-order valence-corrected chi connectivity index (χ2v) is 10.9. The number of urea groups is 1. The quantitative estimate of drug-likeness (QED) is 0.261. The number of halogens is 1. The third-order valence-corrected chi connectivity index (χ3v) is 7.38. The Labute approximate surface area is 259 Å². The first kappa shape index (κ1) is 29.6. The molecule has 3 amide bonds. The highest BCUT2D eigenvalue weighted by Gasteiger charge is 2.22. The van der Waals surface area contributed by atoms with E-state index in [0.29, 0.717) is 47.9 Å². The van der Waals surface area contributed by atoms with Gasteiger partial charge in [-0.1, -0.05) is 6.07 Å². The van der Waals surface area contributed by atoms with Crippen LogP contribution >= 0.6 is 0 Å². The summed E-state index contributed by atoms with van der Waals surface area (Å²) < 4.78 is 21.1. The Morgan fingerprint density at radius 3 is 2.40 bits per heavy atom. The van der Waals surface area contributed by atoms with Gasteiger partial charge < -0.3 is 25.2 Å². The van der Waals surface area contributed by atoms with Crippen molar-refractivity contribution in [2.75, 3.05) is 49.3 Å². The molecule has 228 valence electrons. The number of amides is 3. The summed E-state index contributed by atoms with van der Waals surface area (Å²) in [6.45, 7) is 3.89. The van der Waals surface area contributed by atoms with Gasteiger partial charge in [-0.05, 0) is 67.1 Å². The lowest BCUT2D eigenvalue weighted by Crippen LogP contribution is -2.41. The maximum atomic E-state index is 15.4. The van der Waals surface area contributed by atoms with Crippen molar-refractivity contribution >= 4 is 40.0 Å². The number of aromatic nitrogens is 4. The molecule has 1 unspecified atom stereocenters. The maximum Gasteiger partial charge on any atom is 0.323 e. The van der Waals surface area contributed by atoms with Gasteiger partial charge in [-0.25, -0.2) is 29.1 Å². The standard InChI is InChI=1S/C33H31FN8O3/c1-20-18-42(12-13-45-20)31-26-10-6-22(24-16-35-19-36-17-24)15-29(26)38-30(40-31)23-7-11-28(27(34)14-23)39-33(44)37-25-8-4-21(5-9-25)32(43)41(2)3/h4-11,14-17,19-20H,12-13,18H2,1-3H3,(H2,37,39,44). The van der Waals surface area contributed by atoms with Crippen LogP contribution in [0.1, 0.15) is 17.3 Å². The van der Waals surface area contributed by atoms with Crippen LogP contribution in [0.15, 0.2) is 79.4 Å². The summed E-state index contributed by atoms with van der Waals surface area (Å²) in [6, 6.07) is 16.2. The van der Waals surface area contributed by atoms with Crippen molar-refractivity contribution in [3.63, 3.8) is 0 Å². The number of nitrogens with one attached hydrogen (secondary N) is 2. The number of rotatable bonds is 6. The monoisotopic (exact) mass is 606 g/mol. The summed E-state index contributed by atoms with van der Waals surface area (Å²) in [4.78, 5) is 46.3. The van der Waals surface area contributed by atoms with Crippen LogP contribution in [0.25, 0.3) is 33.4 Å². The molecular weight excluding hydrogens is 575 g/mol. The first-order valence-electron chi connectivity index (χ1n) is 14.4. The predicted octanol–water partition coefficient (Wildman–Crippen LogP) is 5.46. The number of ether oxygens (including phenoxy) is 1. The number of nitrogens with zero attached hydrogens (tertiary/aromatic N) is 6. The first-order valence-corrected chi connectivity index (χ1v) is 14.4. The van der Waals surface area contributed by atoms with Gasteiger partial charge in [-0.15, -0.1) is 0 Å². The van der Waals surface area contributed by atoms with E-state index < -0.39 is 11.8 Å². The fourth-order valence-corrected chi connectivity index (χ4v) is 5.12. The van der Waals surface area contributed by atoms with Crippen molar-refractivity contribution in [1.29, 1.82) is 0 Å². The third kappa shape index (κ3) is 6.55. The Hall–Kier alpha value is -5.49. The highest BCUT2D eigenvalue weighted by molar-refractivity contribution is 6.01. The van der Waals surface area contributed by atoms with Crippen LogP contribution < -0.4 is 15.5 Å². The van der Waals surface area contributed by atoms with E-state index in [1.807, 2.05) is 25.1 Å². The van der Waals surface area contributed by atoms with Crippen LogP contribution in [0.3, 0.4) is 0 Å². The minimum Gasteiger partial charge on any atom is -0.375 e. The van der Waals surface area contributed by atoms with Crippen LogP contribution in [0, 0.1) is 5.82 Å². The average Bonchev–Trinajstić information content (AvgIpc) is 3.05. The molecule has 0 bridgehead atoms. The smallest absolute Gasteiger partial charge is 0.323 e. The SMILES string of the molecule is CC1CN(c2nc(-c3ccc(NC(=O)Nc4ccc(C(=O)N(C)C)cc4)c(F)c3)nc3cc(-c4cncnc4)ccc23)CCO1. The average molecular weight is 607 g/mol. The van der Waals surface area contributed by atoms with Crippen LogP contribution in [-0.4, -0.2) is 76.7 Å². The number of hydrogen-bond donors (Lipinski definition) is 2. The Morgan fingerprint density at radius 1 is 0.933 bits per heavy atom. The van der Waals surface area contributed by atoms with E-state index in [2.05, 4.69) is 25.5 Å². The van der Waals surface area contributed by atoms with Crippen LogP contribution in [0.2, 0.25) is 0 Å². The number of hydrogen-bond acceptors (Lipinski definition) is 8. The molecule has 3 heterocycles. The van der Waals surface area contributed by atoms with E-state index in [4.69, 9.17) is 14.7 Å². The van der Waals surface area contributed by atoms with Crippen LogP contribution in [-0.2, 0) is 4.74 Å². The van der Waals surface area contributed by atoms with Gasteiger partial charge in [-0.3, -0.25) is 4.79 Å². The van der Waals surface area contributed by atoms with Gasteiger partial charge in [0.1, 0.15) is 18.0 Å². The van der Waals surface area contributed by atoms with E-state index in [-0.39, 0.29) is 17.7 Å². The molecule has 5 aromatic rings. The summed E-state index contributed by atoms with van der Waals surface area (Å²) in [7, 11) is 3.32. The second kappa shape index (κ2) is 12.6. The van der Waals surface area contributed by atoms with E-state index >= 15 is 4.39 Å². The molecule has 1 atom stereocenters. The molecular formula is C33H31FN8O3. The fourth-order valence-electron chi connectivity index (χ4n) is 5.12. The molecule has 1 aliphatic rings. The molecule has 2 N–H and O–H groups in total. The Morgan fingerprint density at radius 2 is 1.69 bits per heavy atom. The predicted molar refractivity (Wildman–Crippen MR) is 171 cm³/mol. The normalized spacial score (nSPS) is 14.7. The van der Waals surface area contributed by atoms with Gasteiger partial charge in [0, 0.05) is 67.3 Å². The molecule has 0 radical (unpaired) electrons. The van der Waals surface area contributed by atoms with Gasteiger partial charge in [0.15, 0.2) is 5.82 Å². The molecule has 1 aliphatic heterocycles. The maximum absolute atomic E-state index is 15.4. The molecule has 0 aliphatic carbocycles. The number of benzene rings is 3. The zero-order chi connectivity index (χ0) is 31.5. The van der Waals surface area contributed by atoms with Crippen LogP contribution in [0.4, 0.5) is 26.4 Å². The lowest BCUT2D eigenvalue weighted by atomic mass is 10.1. The summed E-state index contributed by atoms with van der Waals surface area (Å²) in [5, 5.41) is 6.06. The van der Waals surface area contributed by atoms with Crippen molar-refractivity contribution in [1.82, 2.24) is 24.8 Å². The number of carbonyl (C=O) groups excluding carboxylic acids is 2. The minimum atomic E-state index is -0.644. The molecule has 3 aromatic carbocycles. The zero-order valence-corrected chi connectivity index (χ0v) is 25.0. The summed E-state index contributed by atoms with van der Waals surface area (Å²) in [5.41, 5.74) is 3.82. The number of anilines is 3. The second-order valence-electron chi connectivity index (χ2n) is 10.9. The van der Waals surface area contributed by atoms with Crippen molar-refractivity contribution in [2.24, 2.45) is 0 Å². The van der Waals surface area contributed by atoms with Crippen molar-refractivity contribution in [3.05, 3.63) is 90.8 Å². The zero-order valence-electron chi connectivity index (χ0n) is 25.0. The molecule has 2 aromatic heterocycles. The fraction of sp³-hybridized carbons (Fsp3) is 0.212. The lowest BCUT2D eigenvalue weighted by Gasteiger charge is -2.32. The highest BCUT2D eigenvalue weighted by Crippen LogP contribution is 2.32. The largest absolute Gasteiger partial charge is 0.375 e. The molecule has 12 heteroatoms. The highest BCUT2D eigenvalue weighted by atomic mass is 19.1. The van der Waals surface area contributed by atoms with Gasteiger partial charge >= 0.3 is 6.03 Å².